The van der Waals surface area contributed by atoms with E-state index in [0.717, 1.165) is 27.4 Å². The van der Waals surface area contributed by atoms with Crippen molar-refractivity contribution in [2.24, 2.45) is 0 Å². The van der Waals surface area contributed by atoms with Crippen LogP contribution in [0.3, 0.4) is 0 Å². The molecule has 3 heterocycles. The van der Waals surface area contributed by atoms with Gasteiger partial charge in [-0.1, -0.05) is 11.3 Å². The molecule has 0 unspecified atom stereocenters. The molecule has 0 saturated heterocycles. The topological polar surface area (TPSA) is 82.5 Å². The Bertz CT molecular complexity index is 1100. The molecule has 4 rings (SSSR count). The number of nitrogens with zero attached hydrogens (tertiary/aromatic N) is 3. The fourth-order valence-corrected chi connectivity index (χ4v) is 3.89. The molecular formula is C18H14N4O2S. The summed E-state index contributed by atoms with van der Waals surface area (Å²) < 4.78 is 7.05. The number of aromatic nitrogens is 3. The molecule has 0 bridgehead atoms. The minimum absolute atomic E-state index is 0.346. The Kier molecular flexibility index (Phi) is 3.70. The third-order valence-corrected chi connectivity index (χ3v) is 4.95. The highest BCUT2D eigenvalue weighted by molar-refractivity contribution is 7.20. The zero-order valence-corrected chi connectivity index (χ0v) is 14.2. The quantitative estimate of drug-likeness (QED) is 0.614. The molecule has 3 aromatic heterocycles. The smallest absolute Gasteiger partial charge is 0.276 e. The van der Waals surface area contributed by atoms with Gasteiger partial charge in [0.05, 0.1) is 17.7 Å². The zero-order valence-electron chi connectivity index (χ0n) is 13.3. The summed E-state index contributed by atoms with van der Waals surface area (Å²) in [5.74, 6) is 1.13. The Balaban J connectivity index is 2.07. The van der Waals surface area contributed by atoms with Crippen LogP contribution in [0.15, 0.2) is 59.7 Å². The van der Waals surface area contributed by atoms with Gasteiger partial charge in [-0.05, 0) is 42.0 Å². The van der Waals surface area contributed by atoms with E-state index in [1.807, 2.05) is 40.8 Å². The molecule has 6 nitrogen and oxygen atoms in total. The van der Waals surface area contributed by atoms with E-state index in [-0.39, 0.29) is 5.56 Å². The van der Waals surface area contributed by atoms with Crippen molar-refractivity contribution in [2.45, 2.75) is 0 Å². The van der Waals surface area contributed by atoms with Crippen molar-refractivity contribution in [1.82, 2.24) is 14.4 Å². The molecule has 0 atom stereocenters. The lowest BCUT2D eigenvalue weighted by molar-refractivity contribution is 0.415. The summed E-state index contributed by atoms with van der Waals surface area (Å²) in [4.78, 5) is 21.5. The Morgan fingerprint density at radius 3 is 2.48 bits per heavy atom. The molecule has 0 aliphatic rings. The molecule has 124 valence electrons. The predicted molar refractivity (Wildman–Crippen MR) is 99.0 cm³/mol. The molecule has 0 saturated carbocycles. The van der Waals surface area contributed by atoms with E-state index in [4.69, 9.17) is 10.5 Å². The summed E-state index contributed by atoms with van der Waals surface area (Å²) in [6, 6.07) is 12.9. The number of rotatable bonds is 3. The average molecular weight is 350 g/mol. The molecule has 0 radical (unpaired) electrons. The first-order valence-corrected chi connectivity index (χ1v) is 8.36. The van der Waals surface area contributed by atoms with Crippen molar-refractivity contribution in [3.05, 3.63) is 65.2 Å². The number of methoxy groups -OCH3 is 1. The molecule has 0 aliphatic heterocycles. The average Bonchev–Trinajstić information content (AvgIpc) is 3.02. The standard InChI is InChI=1S/C18H14N4O2S/c1-24-13-4-2-11(3-5-13)16-17(12-6-8-20-9-7-12)25-18-21-15(23)10-14(19)22(16)18/h2-10H,19H2,1H3. The number of nitrogens with two attached hydrogens (primary N) is 1. The number of thiazole rings is 1. The van der Waals surface area contributed by atoms with Crippen LogP contribution in [0.2, 0.25) is 0 Å². The third kappa shape index (κ3) is 2.64. The number of anilines is 1. The molecule has 0 spiro atoms. The van der Waals surface area contributed by atoms with Gasteiger partial charge >= 0.3 is 0 Å². The Morgan fingerprint density at radius 1 is 1.08 bits per heavy atom. The van der Waals surface area contributed by atoms with Crippen LogP contribution in [-0.2, 0) is 0 Å². The van der Waals surface area contributed by atoms with Crippen molar-refractivity contribution in [2.75, 3.05) is 12.8 Å². The van der Waals surface area contributed by atoms with Gasteiger partial charge in [0.1, 0.15) is 11.6 Å². The summed E-state index contributed by atoms with van der Waals surface area (Å²) in [6.45, 7) is 0. The summed E-state index contributed by atoms with van der Waals surface area (Å²) in [5, 5.41) is 0. The summed E-state index contributed by atoms with van der Waals surface area (Å²) >= 11 is 1.42. The first kappa shape index (κ1) is 15.3. The first-order valence-electron chi connectivity index (χ1n) is 7.54. The second-order valence-electron chi connectivity index (χ2n) is 5.38. The van der Waals surface area contributed by atoms with E-state index in [1.165, 1.54) is 17.4 Å². The number of pyridine rings is 1. The van der Waals surface area contributed by atoms with Crippen molar-refractivity contribution in [1.29, 1.82) is 0 Å². The predicted octanol–water partition coefficient (Wildman–Crippen LogP) is 3.08. The Hall–Kier alpha value is -3.19. The van der Waals surface area contributed by atoms with E-state index in [2.05, 4.69) is 9.97 Å². The molecule has 0 aliphatic carbocycles. The van der Waals surface area contributed by atoms with E-state index in [9.17, 15) is 4.79 Å². The molecule has 25 heavy (non-hydrogen) atoms. The molecule has 7 heteroatoms. The van der Waals surface area contributed by atoms with E-state index in [0.29, 0.717) is 10.8 Å². The molecule has 0 fully saturated rings. The second-order valence-corrected chi connectivity index (χ2v) is 6.36. The molecule has 2 N–H and O–H groups in total. The van der Waals surface area contributed by atoms with Crippen LogP contribution in [0.1, 0.15) is 0 Å². The summed E-state index contributed by atoms with van der Waals surface area (Å²) in [6.07, 6.45) is 3.47. The van der Waals surface area contributed by atoms with Gasteiger partial charge in [-0.3, -0.25) is 14.2 Å². The van der Waals surface area contributed by atoms with Gasteiger partial charge in [0.2, 0.25) is 0 Å². The van der Waals surface area contributed by atoms with Gasteiger partial charge in [-0.25, -0.2) is 0 Å². The lowest BCUT2D eigenvalue weighted by Gasteiger charge is -2.09. The third-order valence-electron chi connectivity index (χ3n) is 3.86. The Labute approximate surface area is 147 Å². The molecular weight excluding hydrogens is 336 g/mol. The van der Waals surface area contributed by atoms with E-state index >= 15 is 0 Å². The largest absolute Gasteiger partial charge is 0.497 e. The number of benzene rings is 1. The van der Waals surface area contributed by atoms with Crippen LogP contribution < -0.4 is 16.0 Å². The lowest BCUT2D eigenvalue weighted by atomic mass is 10.1. The van der Waals surface area contributed by atoms with Gasteiger partial charge in [0.25, 0.3) is 5.56 Å². The fraction of sp³-hybridized carbons (Fsp3) is 0.0556. The fourth-order valence-electron chi connectivity index (χ4n) is 2.72. The Morgan fingerprint density at radius 2 is 1.80 bits per heavy atom. The van der Waals surface area contributed by atoms with Gasteiger partial charge in [0, 0.05) is 24.0 Å². The van der Waals surface area contributed by atoms with Gasteiger partial charge in [-0.2, -0.15) is 4.98 Å². The number of nitrogen functional groups attached to an aromatic ring is 1. The summed E-state index contributed by atoms with van der Waals surface area (Å²) in [7, 11) is 1.63. The highest BCUT2D eigenvalue weighted by Gasteiger charge is 2.18. The van der Waals surface area contributed by atoms with Crippen molar-refractivity contribution >= 4 is 22.1 Å². The van der Waals surface area contributed by atoms with Crippen LogP contribution >= 0.6 is 11.3 Å². The summed E-state index contributed by atoms with van der Waals surface area (Å²) in [5.41, 5.74) is 8.62. The maximum absolute atomic E-state index is 11.8. The molecule has 0 amide bonds. The molecule has 1 aromatic carbocycles. The SMILES string of the molecule is COc1ccc(-c2c(-c3ccncc3)sc3nc(=O)cc(N)n23)cc1. The first-order chi connectivity index (χ1) is 12.2. The zero-order chi connectivity index (χ0) is 17.4. The van der Waals surface area contributed by atoms with E-state index < -0.39 is 0 Å². The van der Waals surface area contributed by atoms with Crippen LogP contribution in [0.4, 0.5) is 5.82 Å². The maximum atomic E-state index is 11.8. The number of ether oxygens (including phenoxy) is 1. The number of hydrogen-bond donors (Lipinski definition) is 1. The highest BCUT2D eigenvalue weighted by Crippen LogP contribution is 2.39. The van der Waals surface area contributed by atoms with Gasteiger partial charge < -0.3 is 10.5 Å². The molecule has 4 aromatic rings. The van der Waals surface area contributed by atoms with Crippen molar-refractivity contribution < 1.29 is 4.74 Å². The van der Waals surface area contributed by atoms with Crippen molar-refractivity contribution in [3.8, 4) is 27.4 Å². The minimum atomic E-state index is -0.346. The van der Waals surface area contributed by atoms with Crippen LogP contribution in [0, 0.1) is 0 Å². The van der Waals surface area contributed by atoms with Crippen LogP contribution in [0.5, 0.6) is 5.75 Å². The minimum Gasteiger partial charge on any atom is -0.497 e. The van der Waals surface area contributed by atoms with E-state index in [1.54, 1.807) is 19.5 Å². The van der Waals surface area contributed by atoms with Crippen LogP contribution in [-0.4, -0.2) is 21.5 Å². The lowest BCUT2D eigenvalue weighted by Crippen LogP contribution is -2.10. The van der Waals surface area contributed by atoms with Gasteiger partial charge in [-0.15, -0.1) is 0 Å². The second kappa shape index (κ2) is 6.03. The monoisotopic (exact) mass is 350 g/mol. The normalized spacial score (nSPS) is 10.9. The number of hydrogen-bond acceptors (Lipinski definition) is 6. The highest BCUT2D eigenvalue weighted by atomic mass is 32.1. The van der Waals surface area contributed by atoms with Crippen LogP contribution in [0.25, 0.3) is 26.7 Å². The van der Waals surface area contributed by atoms with Gasteiger partial charge in [0.15, 0.2) is 4.96 Å². The van der Waals surface area contributed by atoms with Crippen molar-refractivity contribution in [3.63, 3.8) is 0 Å². The number of fused-ring (bicyclic) bond motifs is 1. The maximum Gasteiger partial charge on any atom is 0.276 e.